The third-order valence-electron chi connectivity index (χ3n) is 3.93. The third-order valence-corrected chi connectivity index (χ3v) is 3.93. The van der Waals surface area contributed by atoms with Crippen LogP contribution >= 0.6 is 0 Å². The normalized spacial score (nSPS) is 17.0. The molecule has 0 aliphatic carbocycles. The summed E-state index contributed by atoms with van der Waals surface area (Å²) < 4.78 is 19.5. The number of morpholine rings is 1. The molecule has 1 fully saturated rings. The molecule has 21 heavy (non-hydrogen) atoms. The minimum absolute atomic E-state index is 0.175. The van der Waals surface area contributed by atoms with Crippen molar-refractivity contribution in [3.8, 4) is 0 Å². The molecule has 0 aromatic heterocycles. The smallest absolute Gasteiger partial charge is 0.146 e. The van der Waals surface area contributed by atoms with E-state index in [-0.39, 0.29) is 18.5 Å². The first-order valence-corrected chi connectivity index (χ1v) is 7.70. The monoisotopic (exact) mass is 296 g/mol. The number of halogens is 1. The van der Waals surface area contributed by atoms with Crippen LogP contribution in [0, 0.1) is 5.82 Å². The zero-order valence-corrected chi connectivity index (χ0v) is 12.6. The van der Waals surface area contributed by atoms with Crippen LogP contribution in [0.15, 0.2) is 18.2 Å². The fourth-order valence-corrected chi connectivity index (χ4v) is 2.59. The van der Waals surface area contributed by atoms with Gasteiger partial charge in [0.25, 0.3) is 0 Å². The third kappa shape index (κ3) is 4.66. The van der Waals surface area contributed by atoms with Crippen molar-refractivity contribution in [2.75, 3.05) is 37.8 Å². The van der Waals surface area contributed by atoms with E-state index in [0.717, 1.165) is 31.5 Å². The van der Waals surface area contributed by atoms with Crippen LogP contribution < -0.4 is 10.2 Å². The molecule has 1 atom stereocenters. The number of anilines is 1. The zero-order valence-electron chi connectivity index (χ0n) is 12.6. The van der Waals surface area contributed by atoms with Crippen molar-refractivity contribution in [3.05, 3.63) is 29.6 Å². The van der Waals surface area contributed by atoms with Gasteiger partial charge in [-0.3, -0.25) is 0 Å². The van der Waals surface area contributed by atoms with Gasteiger partial charge in [0.05, 0.1) is 18.9 Å². The summed E-state index contributed by atoms with van der Waals surface area (Å²) >= 11 is 0. The van der Waals surface area contributed by atoms with Crippen LogP contribution in [0.2, 0.25) is 0 Å². The van der Waals surface area contributed by atoms with Crippen molar-refractivity contribution in [1.29, 1.82) is 0 Å². The highest BCUT2D eigenvalue weighted by molar-refractivity contribution is 5.49. The van der Waals surface area contributed by atoms with E-state index >= 15 is 0 Å². The highest BCUT2D eigenvalue weighted by Gasteiger charge is 2.15. The van der Waals surface area contributed by atoms with Gasteiger partial charge in [-0.05, 0) is 30.5 Å². The van der Waals surface area contributed by atoms with Crippen molar-refractivity contribution in [1.82, 2.24) is 5.32 Å². The van der Waals surface area contributed by atoms with Crippen LogP contribution in [0.4, 0.5) is 10.1 Å². The quantitative estimate of drug-likeness (QED) is 0.807. The standard InChI is InChI=1S/C16H25FN2O2/c1-2-14(5-8-20)18-12-13-3-4-16(15(17)11-13)19-6-9-21-10-7-19/h3-4,11,14,18,20H,2,5-10,12H2,1H3. The molecule has 1 unspecified atom stereocenters. The van der Waals surface area contributed by atoms with E-state index in [0.29, 0.717) is 25.4 Å². The lowest BCUT2D eigenvalue weighted by Crippen LogP contribution is -2.36. The summed E-state index contributed by atoms with van der Waals surface area (Å²) in [4.78, 5) is 2.02. The van der Waals surface area contributed by atoms with Crippen LogP contribution in [0.1, 0.15) is 25.3 Å². The number of ether oxygens (including phenoxy) is 1. The molecule has 0 saturated carbocycles. The second kappa shape index (κ2) is 8.32. The molecule has 2 rings (SSSR count). The second-order valence-corrected chi connectivity index (χ2v) is 5.38. The number of nitrogens with zero attached hydrogens (tertiary/aromatic N) is 1. The largest absolute Gasteiger partial charge is 0.396 e. The Hall–Kier alpha value is -1.17. The first kappa shape index (κ1) is 16.2. The number of aliphatic hydroxyl groups is 1. The van der Waals surface area contributed by atoms with Crippen LogP contribution in [0.5, 0.6) is 0 Å². The van der Waals surface area contributed by atoms with Crippen molar-refractivity contribution in [2.24, 2.45) is 0 Å². The van der Waals surface area contributed by atoms with Gasteiger partial charge >= 0.3 is 0 Å². The maximum absolute atomic E-state index is 14.2. The average molecular weight is 296 g/mol. The van der Waals surface area contributed by atoms with Gasteiger partial charge in [-0.1, -0.05) is 13.0 Å². The first-order valence-electron chi connectivity index (χ1n) is 7.70. The summed E-state index contributed by atoms with van der Waals surface area (Å²) in [5.74, 6) is -0.175. The Bertz CT molecular complexity index is 436. The molecule has 2 N–H and O–H groups in total. The lowest BCUT2D eigenvalue weighted by molar-refractivity contribution is 0.122. The van der Waals surface area contributed by atoms with Crippen LogP contribution in [0.3, 0.4) is 0 Å². The molecule has 1 aromatic rings. The maximum atomic E-state index is 14.2. The Labute approximate surface area is 125 Å². The van der Waals surface area contributed by atoms with Crippen molar-refractivity contribution in [3.63, 3.8) is 0 Å². The molecule has 1 aromatic carbocycles. The van der Waals surface area contributed by atoms with Gasteiger partial charge < -0.3 is 20.1 Å². The van der Waals surface area contributed by atoms with Crippen LogP contribution in [0.25, 0.3) is 0 Å². The number of aliphatic hydroxyl groups excluding tert-OH is 1. The van der Waals surface area contributed by atoms with E-state index in [9.17, 15) is 4.39 Å². The molecule has 1 saturated heterocycles. The molecule has 0 spiro atoms. The zero-order chi connectivity index (χ0) is 15.1. The molecule has 1 aliphatic rings. The lowest BCUT2D eigenvalue weighted by atomic mass is 10.1. The van der Waals surface area contributed by atoms with Gasteiger partial charge in [-0.2, -0.15) is 0 Å². The highest BCUT2D eigenvalue weighted by atomic mass is 19.1. The predicted octanol–water partition coefficient (Wildman–Crippen LogP) is 1.91. The van der Waals surface area contributed by atoms with E-state index < -0.39 is 0 Å². The molecule has 0 radical (unpaired) electrons. The Morgan fingerprint density at radius 3 is 2.76 bits per heavy atom. The van der Waals surface area contributed by atoms with E-state index in [1.807, 2.05) is 17.0 Å². The van der Waals surface area contributed by atoms with Gasteiger partial charge in [-0.15, -0.1) is 0 Å². The number of hydrogen-bond acceptors (Lipinski definition) is 4. The van der Waals surface area contributed by atoms with Gasteiger partial charge in [0.1, 0.15) is 5.82 Å². The average Bonchev–Trinajstić information content (AvgIpc) is 2.52. The maximum Gasteiger partial charge on any atom is 0.146 e. The van der Waals surface area contributed by atoms with Crippen LogP contribution in [-0.2, 0) is 11.3 Å². The molecule has 5 heteroatoms. The Morgan fingerprint density at radius 2 is 2.14 bits per heavy atom. The summed E-state index contributed by atoms with van der Waals surface area (Å²) in [6.07, 6.45) is 1.68. The van der Waals surface area contributed by atoms with E-state index in [2.05, 4.69) is 12.2 Å². The number of benzene rings is 1. The van der Waals surface area contributed by atoms with E-state index in [1.54, 1.807) is 6.07 Å². The van der Waals surface area contributed by atoms with Gasteiger partial charge in [0.2, 0.25) is 0 Å². The fourth-order valence-electron chi connectivity index (χ4n) is 2.59. The van der Waals surface area contributed by atoms with Gasteiger partial charge in [0.15, 0.2) is 0 Å². The molecule has 1 heterocycles. The second-order valence-electron chi connectivity index (χ2n) is 5.38. The molecular weight excluding hydrogens is 271 g/mol. The minimum atomic E-state index is -0.175. The summed E-state index contributed by atoms with van der Waals surface area (Å²) in [7, 11) is 0. The summed E-state index contributed by atoms with van der Waals surface area (Å²) in [6.45, 7) is 5.67. The highest BCUT2D eigenvalue weighted by Crippen LogP contribution is 2.21. The molecule has 1 aliphatic heterocycles. The molecule has 0 bridgehead atoms. The Kier molecular flexibility index (Phi) is 6.42. The van der Waals surface area contributed by atoms with Crippen LogP contribution in [-0.4, -0.2) is 44.1 Å². The van der Waals surface area contributed by atoms with Crippen molar-refractivity contribution >= 4 is 5.69 Å². The molecule has 118 valence electrons. The number of hydrogen-bond donors (Lipinski definition) is 2. The number of rotatable bonds is 7. The van der Waals surface area contributed by atoms with Gasteiger partial charge in [0, 0.05) is 32.3 Å². The first-order chi connectivity index (χ1) is 10.2. The van der Waals surface area contributed by atoms with Crippen molar-refractivity contribution < 1.29 is 14.2 Å². The Morgan fingerprint density at radius 1 is 1.38 bits per heavy atom. The lowest BCUT2D eigenvalue weighted by Gasteiger charge is -2.29. The topological polar surface area (TPSA) is 44.7 Å². The van der Waals surface area contributed by atoms with E-state index in [4.69, 9.17) is 9.84 Å². The molecule has 0 amide bonds. The minimum Gasteiger partial charge on any atom is -0.396 e. The Balaban J connectivity index is 1.94. The number of nitrogens with one attached hydrogen (secondary N) is 1. The van der Waals surface area contributed by atoms with E-state index in [1.165, 1.54) is 0 Å². The SMILES string of the molecule is CCC(CCO)NCc1ccc(N2CCOCC2)c(F)c1. The van der Waals surface area contributed by atoms with Crippen molar-refractivity contribution in [2.45, 2.75) is 32.4 Å². The van der Waals surface area contributed by atoms with Gasteiger partial charge in [-0.25, -0.2) is 4.39 Å². The molecule has 4 nitrogen and oxygen atoms in total. The fraction of sp³-hybridized carbons (Fsp3) is 0.625. The predicted molar refractivity (Wildman–Crippen MR) is 82.1 cm³/mol. The summed E-state index contributed by atoms with van der Waals surface area (Å²) in [6, 6.07) is 5.69. The summed E-state index contributed by atoms with van der Waals surface area (Å²) in [5, 5.41) is 12.3. The molecular formula is C16H25FN2O2. The summed E-state index contributed by atoms with van der Waals surface area (Å²) in [5.41, 5.74) is 1.59.